The molecule has 0 radical (unpaired) electrons. The fourth-order valence-corrected chi connectivity index (χ4v) is 1.50. The van der Waals surface area contributed by atoms with Gasteiger partial charge in [-0.25, -0.2) is 4.99 Å². The molecule has 2 atom stereocenters. The molecular formula is C6H10NO2PS. The van der Waals surface area contributed by atoms with E-state index in [1.54, 1.807) is 6.92 Å². The molecule has 0 heterocycles. The summed E-state index contributed by atoms with van der Waals surface area (Å²) in [6.07, 6.45) is 0.401. The highest BCUT2D eigenvalue weighted by molar-refractivity contribution is 7.78. The molecular weight excluding hydrogens is 181 g/mol. The van der Waals surface area contributed by atoms with Gasteiger partial charge in [-0.3, -0.25) is 4.57 Å². The van der Waals surface area contributed by atoms with Gasteiger partial charge in [0.25, 0.3) is 0 Å². The van der Waals surface area contributed by atoms with Crippen molar-refractivity contribution in [1.82, 2.24) is 0 Å². The van der Waals surface area contributed by atoms with Gasteiger partial charge in [0, 0.05) is 0 Å². The fourth-order valence-electron chi connectivity index (χ4n) is 0.582. The molecule has 0 fully saturated rings. The second kappa shape index (κ2) is 5.39. The van der Waals surface area contributed by atoms with Crippen LogP contribution in [0.25, 0.3) is 0 Å². The highest BCUT2D eigenvalue weighted by atomic mass is 32.1. The zero-order chi connectivity index (χ0) is 8.85. The van der Waals surface area contributed by atoms with Crippen LogP contribution in [0.5, 0.6) is 0 Å². The molecule has 1 N–H and O–H groups in total. The lowest BCUT2D eigenvalue weighted by molar-refractivity contribution is 0.489. The number of hydrogen-bond donors (Lipinski definition) is 1. The van der Waals surface area contributed by atoms with Crippen molar-refractivity contribution in [3.05, 3.63) is 12.2 Å². The van der Waals surface area contributed by atoms with Crippen LogP contribution >= 0.6 is 20.2 Å². The largest absolute Gasteiger partial charge is 0.345 e. The zero-order valence-electron chi connectivity index (χ0n) is 6.20. The van der Waals surface area contributed by atoms with Gasteiger partial charge in [0.1, 0.15) is 5.78 Å². The molecule has 11 heavy (non-hydrogen) atoms. The van der Waals surface area contributed by atoms with Crippen molar-refractivity contribution >= 4 is 25.4 Å². The van der Waals surface area contributed by atoms with E-state index in [2.05, 4.69) is 29.0 Å². The van der Waals surface area contributed by atoms with E-state index in [4.69, 9.17) is 4.89 Å². The average molecular weight is 191 g/mol. The summed E-state index contributed by atoms with van der Waals surface area (Å²) in [4.78, 5) is 12.3. The molecule has 0 aliphatic rings. The SMILES string of the molecule is C=C(C)CC(N=C=S)[PH](=O)O. The Morgan fingerprint density at radius 1 is 2.00 bits per heavy atom. The Morgan fingerprint density at radius 2 is 2.55 bits per heavy atom. The van der Waals surface area contributed by atoms with E-state index >= 15 is 0 Å². The van der Waals surface area contributed by atoms with E-state index in [0.29, 0.717) is 6.42 Å². The highest BCUT2D eigenvalue weighted by Gasteiger charge is 2.11. The maximum absolute atomic E-state index is 10.6. The third kappa shape index (κ3) is 5.05. The lowest BCUT2D eigenvalue weighted by Crippen LogP contribution is -1.97. The Balaban J connectivity index is 4.22. The molecule has 0 aromatic heterocycles. The summed E-state index contributed by atoms with van der Waals surface area (Å²) < 4.78 is 10.6. The van der Waals surface area contributed by atoms with Gasteiger partial charge in [-0.05, 0) is 25.6 Å². The van der Waals surface area contributed by atoms with Crippen molar-refractivity contribution < 1.29 is 9.46 Å². The summed E-state index contributed by atoms with van der Waals surface area (Å²) in [6.45, 7) is 5.38. The van der Waals surface area contributed by atoms with Crippen LogP contribution in [0.3, 0.4) is 0 Å². The van der Waals surface area contributed by atoms with Gasteiger partial charge in [-0.15, -0.1) is 6.58 Å². The zero-order valence-corrected chi connectivity index (χ0v) is 8.02. The maximum Gasteiger partial charge on any atom is 0.214 e. The third-order valence-electron chi connectivity index (χ3n) is 1.04. The Hall–Kier alpha value is -0.270. The van der Waals surface area contributed by atoms with Gasteiger partial charge in [0.05, 0.1) is 5.16 Å². The molecule has 0 amide bonds. The van der Waals surface area contributed by atoms with Crippen molar-refractivity contribution in [3.8, 4) is 0 Å². The Labute approximate surface area is 71.7 Å². The molecule has 0 aliphatic carbocycles. The molecule has 62 valence electrons. The Kier molecular flexibility index (Phi) is 5.26. The van der Waals surface area contributed by atoms with Crippen molar-refractivity contribution in [1.29, 1.82) is 0 Å². The van der Waals surface area contributed by atoms with E-state index in [-0.39, 0.29) is 0 Å². The van der Waals surface area contributed by atoms with Gasteiger partial charge < -0.3 is 4.89 Å². The first-order valence-corrected chi connectivity index (χ1v) is 4.86. The predicted molar refractivity (Wildman–Crippen MR) is 49.5 cm³/mol. The molecule has 0 aromatic rings. The summed E-state index contributed by atoms with van der Waals surface area (Å²) in [5.41, 5.74) is 0.816. The quantitative estimate of drug-likeness (QED) is 0.319. The van der Waals surface area contributed by atoms with Crippen LogP contribution in [0.4, 0.5) is 0 Å². The normalized spacial score (nSPS) is 14.7. The summed E-state index contributed by atoms with van der Waals surface area (Å²) in [5.74, 6) is -0.630. The number of isothiocyanates is 1. The molecule has 2 unspecified atom stereocenters. The molecule has 5 heteroatoms. The molecule has 0 rings (SSSR count). The standard InChI is InChI=1S/C6H10NO2PS/c1-5(2)3-6(7-4-11)10(8)9/h6,10H,1,3H2,2H3,(H,8,9). The number of rotatable bonds is 4. The van der Waals surface area contributed by atoms with E-state index in [9.17, 15) is 4.57 Å². The minimum Gasteiger partial charge on any atom is -0.345 e. The predicted octanol–water partition coefficient (Wildman–Crippen LogP) is 1.85. The number of aliphatic imine (C=N–C) groups is 1. The van der Waals surface area contributed by atoms with E-state index in [1.807, 2.05) is 0 Å². The first-order valence-electron chi connectivity index (χ1n) is 3.02. The average Bonchev–Trinajstić information content (AvgIpc) is 1.86. The van der Waals surface area contributed by atoms with Crippen molar-refractivity contribution in [3.63, 3.8) is 0 Å². The maximum atomic E-state index is 10.6. The van der Waals surface area contributed by atoms with Gasteiger partial charge >= 0.3 is 0 Å². The Morgan fingerprint density at radius 3 is 2.82 bits per heavy atom. The van der Waals surface area contributed by atoms with Crippen LogP contribution in [0.2, 0.25) is 0 Å². The van der Waals surface area contributed by atoms with Gasteiger partial charge in [0.2, 0.25) is 8.03 Å². The molecule has 0 saturated carbocycles. The second-order valence-corrected chi connectivity index (χ2v) is 3.76. The smallest absolute Gasteiger partial charge is 0.214 e. The summed E-state index contributed by atoms with van der Waals surface area (Å²) in [7, 11) is -2.64. The van der Waals surface area contributed by atoms with Crippen LogP contribution < -0.4 is 0 Å². The first kappa shape index (κ1) is 10.7. The second-order valence-electron chi connectivity index (χ2n) is 2.24. The van der Waals surface area contributed by atoms with Gasteiger partial charge in [-0.2, -0.15) is 0 Å². The van der Waals surface area contributed by atoms with Crippen LogP contribution in [0.15, 0.2) is 17.1 Å². The number of hydrogen-bond acceptors (Lipinski definition) is 3. The van der Waals surface area contributed by atoms with Crippen LogP contribution in [0.1, 0.15) is 13.3 Å². The van der Waals surface area contributed by atoms with Gasteiger partial charge in [0.15, 0.2) is 0 Å². The molecule has 0 aromatic carbocycles. The summed E-state index contributed by atoms with van der Waals surface area (Å²) >= 11 is 4.32. The van der Waals surface area contributed by atoms with Gasteiger partial charge in [-0.1, -0.05) is 5.57 Å². The van der Waals surface area contributed by atoms with E-state index < -0.39 is 13.8 Å². The van der Waals surface area contributed by atoms with Crippen molar-refractivity contribution in [2.24, 2.45) is 4.99 Å². The van der Waals surface area contributed by atoms with Crippen molar-refractivity contribution in [2.45, 2.75) is 19.1 Å². The molecule has 0 spiro atoms. The minimum atomic E-state index is -2.64. The summed E-state index contributed by atoms with van der Waals surface area (Å²) in [5, 5.41) is 2.09. The molecule has 0 aliphatic heterocycles. The van der Waals surface area contributed by atoms with Crippen molar-refractivity contribution in [2.75, 3.05) is 0 Å². The third-order valence-corrected chi connectivity index (χ3v) is 2.04. The lowest BCUT2D eigenvalue weighted by Gasteiger charge is -2.04. The van der Waals surface area contributed by atoms with E-state index in [1.165, 1.54) is 0 Å². The monoisotopic (exact) mass is 191 g/mol. The van der Waals surface area contributed by atoms with Crippen LogP contribution in [0, 0.1) is 0 Å². The molecule has 0 bridgehead atoms. The number of thiocarbonyl (C=S) groups is 1. The Bertz CT molecular complexity index is 221. The van der Waals surface area contributed by atoms with Crippen LogP contribution in [-0.4, -0.2) is 15.8 Å². The van der Waals surface area contributed by atoms with E-state index in [0.717, 1.165) is 5.57 Å². The fraction of sp³-hybridized carbons (Fsp3) is 0.500. The molecule has 3 nitrogen and oxygen atoms in total. The van der Waals surface area contributed by atoms with Crippen LogP contribution in [-0.2, 0) is 4.57 Å². The first-order chi connectivity index (χ1) is 5.07. The summed E-state index contributed by atoms with van der Waals surface area (Å²) in [6, 6.07) is 0. The topological polar surface area (TPSA) is 49.7 Å². The molecule has 0 saturated heterocycles. The lowest BCUT2D eigenvalue weighted by atomic mass is 10.2. The highest BCUT2D eigenvalue weighted by Crippen LogP contribution is 2.28. The minimum absolute atomic E-state index is 0.401. The number of nitrogens with zero attached hydrogens (tertiary/aromatic N) is 1.